The van der Waals surface area contributed by atoms with Gasteiger partial charge in [-0.3, -0.25) is 9.59 Å². The van der Waals surface area contributed by atoms with Gasteiger partial charge in [-0.05, 0) is 18.6 Å². The molecule has 1 heterocycles. The monoisotopic (exact) mass is 341 g/mol. The van der Waals surface area contributed by atoms with Crippen LogP contribution in [0.2, 0.25) is 5.02 Å². The molecule has 1 amide bonds. The predicted octanol–water partition coefficient (Wildman–Crippen LogP) is 1.84. The van der Waals surface area contributed by atoms with Crippen LogP contribution in [0.25, 0.3) is 0 Å². The summed E-state index contributed by atoms with van der Waals surface area (Å²) in [4.78, 5) is 25.6. The van der Waals surface area contributed by atoms with Crippen molar-refractivity contribution in [1.29, 1.82) is 0 Å². The first kappa shape index (κ1) is 17.6. The fraction of sp³-hybridized carbons (Fsp3) is 0.500. The molecular formula is C16H20ClNO5. The Morgan fingerprint density at radius 2 is 2.13 bits per heavy atom. The Kier molecular flexibility index (Phi) is 5.49. The van der Waals surface area contributed by atoms with Crippen molar-refractivity contribution in [1.82, 2.24) is 4.90 Å². The highest BCUT2D eigenvalue weighted by atomic mass is 35.5. The number of carboxylic acid groups (broad SMARTS) is 1. The lowest BCUT2D eigenvalue weighted by molar-refractivity contribution is -0.151. The van der Waals surface area contributed by atoms with Gasteiger partial charge in [0.2, 0.25) is 5.91 Å². The van der Waals surface area contributed by atoms with E-state index in [0.717, 1.165) is 0 Å². The Bertz CT molecular complexity index is 606. The third kappa shape index (κ3) is 3.59. The van der Waals surface area contributed by atoms with E-state index < -0.39 is 11.4 Å². The molecule has 1 N–H and O–H groups in total. The highest BCUT2D eigenvalue weighted by molar-refractivity contribution is 6.31. The van der Waals surface area contributed by atoms with Gasteiger partial charge in [-0.15, -0.1) is 0 Å². The van der Waals surface area contributed by atoms with Gasteiger partial charge < -0.3 is 19.5 Å². The molecule has 126 valence electrons. The smallest absolute Gasteiger partial charge is 0.313 e. The summed E-state index contributed by atoms with van der Waals surface area (Å²) in [7, 11) is 2.98. The van der Waals surface area contributed by atoms with E-state index in [2.05, 4.69) is 0 Å². The lowest BCUT2D eigenvalue weighted by Crippen LogP contribution is -2.40. The van der Waals surface area contributed by atoms with Gasteiger partial charge in [0, 0.05) is 30.8 Å². The van der Waals surface area contributed by atoms with Gasteiger partial charge in [-0.1, -0.05) is 17.7 Å². The molecule has 1 atom stereocenters. The highest BCUT2D eigenvalue weighted by Crippen LogP contribution is 2.33. The molecule has 0 spiro atoms. The number of rotatable bonds is 6. The number of ether oxygens (including phenoxy) is 2. The van der Waals surface area contributed by atoms with Crippen molar-refractivity contribution in [3.05, 3.63) is 28.8 Å². The van der Waals surface area contributed by atoms with Crippen molar-refractivity contribution in [3.63, 3.8) is 0 Å². The van der Waals surface area contributed by atoms with Crippen LogP contribution in [0.3, 0.4) is 0 Å². The first-order chi connectivity index (χ1) is 10.9. The summed E-state index contributed by atoms with van der Waals surface area (Å²) < 4.78 is 10.3. The van der Waals surface area contributed by atoms with Crippen LogP contribution >= 0.6 is 11.6 Å². The maximum atomic E-state index is 12.5. The van der Waals surface area contributed by atoms with E-state index in [0.29, 0.717) is 29.3 Å². The fourth-order valence-electron chi connectivity index (χ4n) is 2.88. The number of halogens is 1. The van der Waals surface area contributed by atoms with Gasteiger partial charge in [0.1, 0.15) is 11.2 Å². The van der Waals surface area contributed by atoms with E-state index in [4.69, 9.17) is 21.1 Å². The first-order valence-corrected chi connectivity index (χ1v) is 7.63. The number of methoxy groups -OCH3 is 2. The second-order valence-electron chi connectivity index (χ2n) is 5.68. The molecule has 1 fully saturated rings. The molecule has 0 aromatic heterocycles. The molecular weight excluding hydrogens is 322 g/mol. The van der Waals surface area contributed by atoms with Crippen LogP contribution in [-0.4, -0.2) is 55.8 Å². The minimum Gasteiger partial charge on any atom is -0.496 e. The van der Waals surface area contributed by atoms with Crippen LogP contribution in [-0.2, 0) is 20.7 Å². The molecule has 7 heteroatoms. The largest absolute Gasteiger partial charge is 0.496 e. The van der Waals surface area contributed by atoms with Crippen molar-refractivity contribution in [2.24, 2.45) is 5.41 Å². The van der Waals surface area contributed by atoms with Crippen molar-refractivity contribution in [3.8, 4) is 5.75 Å². The highest BCUT2D eigenvalue weighted by Gasteiger charge is 2.46. The summed E-state index contributed by atoms with van der Waals surface area (Å²) in [5.41, 5.74) is -0.421. The zero-order chi connectivity index (χ0) is 17.0. The van der Waals surface area contributed by atoms with E-state index in [-0.39, 0.29) is 25.5 Å². The number of aliphatic carboxylic acids is 1. The Morgan fingerprint density at radius 1 is 1.39 bits per heavy atom. The third-order valence-corrected chi connectivity index (χ3v) is 4.56. The van der Waals surface area contributed by atoms with E-state index in [9.17, 15) is 14.7 Å². The molecule has 1 aliphatic rings. The molecule has 1 unspecified atom stereocenters. The Balaban J connectivity index is 2.13. The minimum absolute atomic E-state index is 0.0749. The number of amides is 1. The van der Waals surface area contributed by atoms with Gasteiger partial charge in [0.15, 0.2) is 0 Å². The molecule has 0 aliphatic carbocycles. The summed E-state index contributed by atoms with van der Waals surface area (Å²) in [6, 6.07) is 5.19. The molecule has 0 bridgehead atoms. The maximum Gasteiger partial charge on any atom is 0.313 e. The van der Waals surface area contributed by atoms with Gasteiger partial charge in [0.05, 0.1) is 20.1 Å². The van der Waals surface area contributed by atoms with Gasteiger partial charge in [0.25, 0.3) is 0 Å². The summed E-state index contributed by atoms with van der Waals surface area (Å²) in [6.07, 6.45) is 0.451. The fourth-order valence-corrected chi connectivity index (χ4v) is 3.11. The molecule has 1 saturated heterocycles. The van der Waals surface area contributed by atoms with Crippen LogP contribution in [0.15, 0.2) is 18.2 Å². The molecule has 1 aliphatic heterocycles. The summed E-state index contributed by atoms with van der Waals surface area (Å²) in [6.45, 7) is 0.616. The van der Waals surface area contributed by atoms with Crippen LogP contribution in [0, 0.1) is 5.41 Å². The topological polar surface area (TPSA) is 76.1 Å². The molecule has 6 nitrogen and oxygen atoms in total. The van der Waals surface area contributed by atoms with Crippen molar-refractivity contribution in [2.45, 2.75) is 12.8 Å². The van der Waals surface area contributed by atoms with Crippen LogP contribution in [0.5, 0.6) is 5.75 Å². The summed E-state index contributed by atoms with van der Waals surface area (Å²) in [5.74, 6) is -0.563. The number of likely N-dealkylation sites (tertiary alicyclic amines) is 1. The number of hydrogen-bond donors (Lipinski definition) is 1. The zero-order valence-corrected chi connectivity index (χ0v) is 13.9. The molecule has 0 saturated carbocycles. The van der Waals surface area contributed by atoms with Gasteiger partial charge in [-0.25, -0.2) is 0 Å². The molecule has 0 radical (unpaired) electrons. The SMILES string of the molecule is COCC1(C(=O)O)CCN(C(=O)Cc2c(Cl)cccc2OC)C1. The number of carbonyl (C=O) groups is 2. The standard InChI is InChI=1S/C16H20ClNO5/c1-22-10-16(15(20)21)6-7-18(9-16)14(19)8-11-12(17)4-3-5-13(11)23-2/h3-5H,6-10H2,1-2H3,(H,20,21). The van der Waals surface area contributed by atoms with Crippen molar-refractivity contribution in [2.75, 3.05) is 33.9 Å². The minimum atomic E-state index is -1.03. The lowest BCUT2D eigenvalue weighted by Gasteiger charge is -2.24. The Hall–Kier alpha value is -1.79. The lowest BCUT2D eigenvalue weighted by atomic mass is 9.88. The number of hydrogen-bond acceptors (Lipinski definition) is 4. The average molecular weight is 342 g/mol. The van der Waals surface area contributed by atoms with E-state index in [1.165, 1.54) is 14.2 Å². The van der Waals surface area contributed by atoms with Crippen molar-refractivity contribution < 1.29 is 24.2 Å². The summed E-state index contributed by atoms with van der Waals surface area (Å²) in [5, 5.41) is 9.91. The van der Waals surface area contributed by atoms with E-state index in [1.54, 1.807) is 23.1 Å². The Morgan fingerprint density at radius 3 is 2.74 bits per heavy atom. The van der Waals surface area contributed by atoms with E-state index in [1.807, 2.05) is 0 Å². The predicted molar refractivity (Wildman–Crippen MR) is 84.8 cm³/mol. The van der Waals surface area contributed by atoms with Crippen LogP contribution in [0.4, 0.5) is 0 Å². The summed E-state index contributed by atoms with van der Waals surface area (Å²) >= 11 is 6.15. The number of benzene rings is 1. The quantitative estimate of drug-likeness (QED) is 0.854. The molecule has 2 rings (SSSR count). The van der Waals surface area contributed by atoms with Crippen LogP contribution < -0.4 is 4.74 Å². The number of carboxylic acids is 1. The third-order valence-electron chi connectivity index (χ3n) is 4.20. The second kappa shape index (κ2) is 7.19. The Labute approximate surface area is 139 Å². The van der Waals surface area contributed by atoms with Crippen molar-refractivity contribution >= 4 is 23.5 Å². The van der Waals surface area contributed by atoms with Gasteiger partial charge in [-0.2, -0.15) is 0 Å². The number of nitrogens with zero attached hydrogens (tertiary/aromatic N) is 1. The normalized spacial score (nSPS) is 20.6. The molecule has 1 aromatic carbocycles. The zero-order valence-electron chi connectivity index (χ0n) is 13.2. The second-order valence-corrected chi connectivity index (χ2v) is 6.09. The molecule has 23 heavy (non-hydrogen) atoms. The maximum absolute atomic E-state index is 12.5. The average Bonchev–Trinajstić information content (AvgIpc) is 2.95. The molecule has 1 aromatic rings. The first-order valence-electron chi connectivity index (χ1n) is 7.25. The number of carbonyl (C=O) groups excluding carboxylic acids is 1. The van der Waals surface area contributed by atoms with Crippen LogP contribution in [0.1, 0.15) is 12.0 Å². The van der Waals surface area contributed by atoms with E-state index >= 15 is 0 Å². The van der Waals surface area contributed by atoms with Gasteiger partial charge >= 0.3 is 5.97 Å².